The Labute approximate surface area is 162 Å². The lowest BCUT2D eigenvalue weighted by atomic mass is 9.93. The number of benzene rings is 1. The lowest BCUT2D eigenvalue weighted by Crippen LogP contribution is -2.39. The van der Waals surface area contributed by atoms with Crippen molar-refractivity contribution >= 4 is 18.3 Å². The summed E-state index contributed by atoms with van der Waals surface area (Å²) >= 11 is 0. The number of ether oxygens (including phenoxy) is 3. The predicted molar refractivity (Wildman–Crippen MR) is 105 cm³/mol. The first-order valence-electron chi connectivity index (χ1n) is 8.84. The predicted octanol–water partition coefficient (Wildman–Crippen LogP) is 2.52. The monoisotopic (exact) mass is 386 g/mol. The van der Waals surface area contributed by atoms with Gasteiger partial charge in [-0.25, -0.2) is 0 Å². The van der Waals surface area contributed by atoms with E-state index in [0.717, 1.165) is 44.0 Å². The molecule has 0 atom stereocenters. The topological polar surface area (TPSA) is 60.0 Å². The molecule has 0 bridgehead atoms. The van der Waals surface area contributed by atoms with E-state index in [1.807, 2.05) is 24.1 Å². The van der Waals surface area contributed by atoms with Crippen LogP contribution in [0.15, 0.2) is 12.1 Å². The Morgan fingerprint density at radius 1 is 1.12 bits per heavy atom. The fraction of sp³-hybridized carbons (Fsp3) is 0.632. The summed E-state index contributed by atoms with van der Waals surface area (Å²) in [5.41, 5.74) is 0.872. The van der Waals surface area contributed by atoms with Gasteiger partial charge in [0.05, 0.1) is 27.8 Å². The number of carbonyl (C=O) groups excluding carboxylic acids is 1. The van der Waals surface area contributed by atoms with E-state index in [1.54, 1.807) is 21.3 Å². The van der Waals surface area contributed by atoms with Gasteiger partial charge in [-0.3, -0.25) is 4.79 Å². The molecule has 0 unspecified atom stereocenters. The third kappa shape index (κ3) is 5.68. The van der Waals surface area contributed by atoms with Crippen LogP contribution < -0.4 is 19.5 Å². The Kier molecular flexibility index (Phi) is 9.59. The van der Waals surface area contributed by atoms with Crippen molar-refractivity contribution in [2.75, 3.05) is 48.0 Å². The number of piperidine rings is 1. The number of hydrogen-bond acceptors (Lipinski definition) is 5. The molecule has 1 aliphatic rings. The molecule has 0 aromatic heterocycles. The molecule has 1 saturated heterocycles. The highest BCUT2D eigenvalue weighted by Crippen LogP contribution is 2.38. The number of carbonyl (C=O) groups is 1. The van der Waals surface area contributed by atoms with Crippen molar-refractivity contribution in [3.63, 3.8) is 0 Å². The SMILES string of the molecule is CNCCC1CCN(C(=O)Cc2cc(OC)c(OC)c(OC)c2)CC1.Cl. The molecule has 1 heterocycles. The Bertz CT molecular complexity index is 550. The van der Waals surface area contributed by atoms with Gasteiger partial charge in [0.15, 0.2) is 11.5 Å². The highest BCUT2D eigenvalue weighted by molar-refractivity contribution is 5.85. The van der Waals surface area contributed by atoms with Crippen molar-refractivity contribution in [2.24, 2.45) is 5.92 Å². The van der Waals surface area contributed by atoms with Crippen LogP contribution in [0.1, 0.15) is 24.8 Å². The van der Waals surface area contributed by atoms with E-state index in [2.05, 4.69) is 5.32 Å². The van der Waals surface area contributed by atoms with Crippen LogP contribution in [0.4, 0.5) is 0 Å². The van der Waals surface area contributed by atoms with Crippen molar-refractivity contribution < 1.29 is 19.0 Å². The average molecular weight is 387 g/mol. The maximum atomic E-state index is 12.6. The molecule has 0 radical (unpaired) electrons. The summed E-state index contributed by atoms with van der Waals surface area (Å²) in [6, 6.07) is 3.69. The van der Waals surface area contributed by atoms with Crippen LogP contribution in [0.3, 0.4) is 0 Å². The number of likely N-dealkylation sites (tertiary alicyclic amines) is 1. The van der Waals surface area contributed by atoms with Crippen molar-refractivity contribution in [2.45, 2.75) is 25.7 Å². The fourth-order valence-corrected chi connectivity index (χ4v) is 3.34. The zero-order valence-electron chi connectivity index (χ0n) is 16.2. The summed E-state index contributed by atoms with van der Waals surface area (Å²) in [5, 5.41) is 3.20. The smallest absolute Gasteiger partial charge is 0.226 e. The van der Waals surface area contributed by atoms with Gasteiger partial charge in [-0.1, -0.05) is 0 Å². The molecule has 0 saturated carbocycles. The molecule has 1 fully saturated rings. The molecule has 1 amide bonds. The standard InChI is InChI=1S/C19H30N2O4.ClH/c1-20-8-5-14-6-9-21(10-7-14)18(22)13-15-11-16(23-2)19(25-4)17(12-15)24-3;/h11-12,14,20H,5-10,13H2,1-4H3;1H. The first-order valence-corrected chi connectivity index (χ1v) is 8.84. The Balaban J connectivity index is 0.00000338. The van der Waals surface area contributed by atoms with Gasteiger partial charge in [0, 0.05) is 13.1 Å². The van der Waals surface area contributed by atoms with Crippen LogP contribution in [-0.2, 0) is 11.2 Å². The maximum absolute atomic E-state index is 12.6. The number of amides is 1. The van der Waals surface area contributed by atoms with E-state index in [-0.39, 0.29) is 18.3 Å². The maximum Gasteiger partial charge on any atom is 0.226 e. The van der Waals surface area contributed by atoms with E-state index in [4.69, 9.17) is 14.2 Å². The Morgan fingerprint density at radius 3 is 2.15 bits per heavy atom. The van der Waals surface area contributed by atoms with Crippen LogP contribution in [0.5, 0.6) is 17.2 Å². The minimum absolute atomic E-state index is 0. The van der Waals surface area contributed by atoms with Crippen LogP contribution in [-0.4, -0.2) is 58.8 Å². The molecule has 1 aromatic rings. The van der Waals surface area contributed by atoms with E-state index in [0.29, 0.717) is 23.7 Å². The summed E-state index contributed by atoms with van der Waals surface area (Å²) in [4.78, 5) is 14.6. The van der Waals surface area contributed by atoms with Gasteiger partial charge in [0.2, 0.25) is 11.7 Å². The number of hydrogen-bond donors (Lipinski definition) is 1. The largest absolute Gasteiger partial charge is 0.493 e. The van der Waals surface area contributed by atoms with Crippen LogP contribution in [0.25, 0.3) is 0 Å². The second-order valence-corrected chi connectivity index (χ2v) is 6.43. The number of methoxy groups -OCH3 is 3. The second kappa shape index (κ2) is 11.1. The van der Waals surface area contributed by atoms with Gasteiger partial charge in [-0.15, -0.1) is 12.4 Å². The first kappa shape index (κ1) is 22.4. The molecule has 7 heteroatoms. The van der Waals surface area contributed by atoms with E-state index in [1.165, 1.54) is 6.42 Å². The normalized spacial score (nSPS) is 14.5. The van der Waals surface area contributed by atoms with Crippen molar-refractivity contribution in [1.82, 2.24) is 10.2 Å². The molecule has 1 aliphatic heterocycles. The molecule has 1 aromatic carbocycles. The third-order valence-electron chi connectivity index (χ3n) is 4.85. The van der Waals surface area contributed by atoms with Crippen molar-refractivity contribution in [3.05, 3.63) is 17.7 Å². The molecule has 26 heavy (non-hydrogen) atoms. The van der Waals surface area contributed by atoms with Gasteiger partial charge < -0.3 is 24.4 Å². The van der Waals surface area contributed by atoms with Gasteiger partial charge in [-0.05, 0) is 56.5 Å². The Morgan fingerprint density at radius 2 is 1.69 bits per heavy atom. The molecule has 0 aliphatic carbocycles. The van der Waals surface area contributed by atoms with Crippen LogP contribution in [0.2, 0.25) is 0 Å². The average Bonchev–Trinajstić information content (AvgIpc) is 2.65. The van der Waals surface area contributed by atoms with E-state index in [9.17, 15) is 4.79 Å². The fourth-order valence-electron chi connectivity index (χ4n) is 3.34. The lowest BCUT2D eigenvalue weighted by molar-refractivity contribution is -0.131. The van der Waals surface area contributed by atoms with Gasteiger partial charge in [-0.2, -0.15) is 0 Å². The van der Waals surface area contributed by atoms with Crippen LogP contribution >= 0.6 is 12.4 Å². The zero-order valence-corrected chi connectivity index (χ0v) is 17.0. The van der Waals surface area contributed by atoms with Crippen molar-refractivity contribution in [3.8, 4) is 17.2 Å². The summed E-state index contributed by atoms with van der Waals surface area (Å²) < 4.78 is 16.1. The van der Waals surface area contributed by atoms with E-state index < -0.39 is 0 Å². The molecular formula is C19H31ClN2O4. The molecule has 2 rings (SSSR count). The van der Waals surface area contributed by atoms with Crippen molar-refractivity contribution in [1.29, 1.82) is 0 Å². The number of nitrogens with zero attached hydrogens (tertiary/aromatic N) is 1. The zero-order chi connectivity index (χ0) is 18.2. The number of halogens is 1. The quantitative estimate of drug-likeness (QED) is 0.743. The molecular weight excluding hydrogens is 356 g/mol. The minimum atomic E-state index is 0. The number of nitrogens with one attached hydrogen (secondary N) is 1. The summed E-state index contributed by atoms with van der Waals surface area (Å²) in [6.07, 6.45) is 3.70. The molecule has 148 valence electrons. The molecule has 6 nitrogen and oxygen atoms in total. The summed E-state index contributed by atoms with van der Waals surface area (Å²) in [7, 11) is 6.72. The molecule has 0 spiro atoms. The molecule has 1 N–H and O–H groups in total. The van der Waals surface area contributed by atoms with Crippen LogP contribution in [0, 0.1) is 5.92 Å². The first-order chi connectivity index (χ1) is 12.1. The second-order valence-electron chi connectivity index (χ2n) is 6.43. The summed E-state index contributed by atoms with van der Waals surface area (Å²) in [6.45, 7) is 2.74. The highest BCUT2D eigenvalue weighted by atomic mass is 35.5. The minimum Gasteiger partial charge on any atom is -0.493 e. The van der Waals surface area contributed by atoms with E-state index >= 15 is 0 Å². The van der Waals surface area contributed by atoms with Gasteiger partial charge in [0.25, 0.3) is 0 Å². The highest BCUT2D eigenvalue weighted by Gasteiger charge is 2.23. The third-order valence-corrected chi connectivity index (χ3v) is 4.85. The number of rotatable bonds is 8. The Hall–Kier alpha value is -1.66. The van der Waals surface area contributed by atoms with Gasteiger partial charge >= 0.3 is 0 Å². The van der Waals surface area contributed by atoms with Gasteiger partial charge in [0.1, 0.15) is 0 Å². The lowest BCUT2D eigenvalue weighted by Gasteiger charge is -2.32. The summed E-state index contributed by atoms with van der Waals surface area (Å²) in [5.74, 6) is 2.58.